The summed E-state index contributed by atoms with van der Waals surface area (Å²) < 4.78 is 12.2. The second-order valence-electron chi connectivity index (χ2n) is 17.2. The molecule has 0 unspecified atom stereocenters. The molecule has 1 saturated heterocycles. The smallest absolute Gasteiger partial charge is 0.307 e. The maximum Gasteiger partial charge on any atom is 0.307 e. The van der Waals surface area contributed by atoms with Gasteiger partial charge in [0.2, 0.25) is 0 Å². The highest BCUT2D eigenvalue weighted by molar-refractivity contribution is 5.73. The Hall–Kier alpha value is -1.03. The van der Waals surface area contributed by atoms with Crippen LogP contribution in [0.4, 0.5) is 0 Å². The molecule has 5 aliphatic rings. The highest BCUT2D eigenvalue weighted by atomic mass is 16.7. The Morgan fingerprint density at radius 1 is 0.886 bits per heavy atom. The van der Waals surface area contributed by atoms with Crippen molar-refractivity contribution in [2.24, 2.45) is 50.7 Å². The molecule has 5 rings (SSSR count). The number of aliphatic hydroxyl groups excluding tert-OH is 4. The first kappa shape index (κ1) is 34.3. The highest BCUT2D eigenvalue weighted by Crippen LogP contribution is 2.73. The van der Waals surface area contributed by atoms with Crippen molar-refractivity contribution in [2.75, 3.05) is 6.61 Å². The molecular weight excluding hydrogens is 560 g/mol. The highest BCUT2D eigenvalue weighted by Gasteiger charge is 2.67. The normalized spacial score (nSPS) is 49.6. The lowest BCUT2D eigenvalue weighted by Gasteiger charge is -2.67. The van der Waals surface area contributed by atoms with Crippen LogP contribution in [0.5, 0.6) is 0 Å². The molecule has 2 saturated carbocycles. The molecule has 0 aromatic heterocycles. The van der Waals surface area contributed by atoms with Gasteiger partial charge >= 0.3 is 5.97 Å². The first-order valence-electron chi connectivity index (χ1n) is 17.2. The predicted molar refractivity (Wildman–Crippen MR) is 167 cm³/mol. The topological polar surface area (TPSA) is 137 Å². The summed E-state index contributed by atoms with van der Waals surface area (Å²) in [5.41, 5.74) is 2.03. The molecule has 1 aliphatic heterocycles. The molecule has 0 bridgehead atoms. The van der Waals surface area contributed by atoms with Gasteiger partial charge in [0, 0.05) is 0 Å². The fraction of sp³-hybridized carbons (Fsp3) is 0.917. The van der Waals surface area contributed by atoms with Crippen LogP contribution in [0.3, 0.4) is 0 Å². The van der Waals surface area contributed by atoms with E-state index in [1.54, 1.807) is 5.57 Å². The first-order chi connectivity index (χ1) is 20.3. The van der Waals surface area contributed by atoms with E-state index in [9.17, 15) is 30.3 Å². The average molecular weight is 621 g/mol. The van der Waals surface area contributed by atoms with E-state index >= 15 is 0 Å². The third kappa shape index (κ3) is 4.70. The third-order valence-electron chi connectivity index (χ3n) is 14.9. The number of ether oxygens (including phenoxy) is 2. The van der Waals surface area contributed by atoms with Crippen molar-refractivity contribution in [3.8, 4) is 0 Å². The monoisotopic (exact) mass is 620 g/mol. The first-order valence-corrected chi connectivity index (χ1v) is 17.2. The molecule has 4 aliphatic carbocycles. The minimum absolute atomic E-state index is 0.0403. The maximum atomic E-state index is 13.2. The molecule has 1 heterocycles. The van der Waals surface area contributed by atoms with Crippen molar-refractivity contribution >= 4 is 5.97 Å². The molecule has 0 radical (unpaired) electrons. The van der Waals surface area contributed by atoms with Crippen LogP contribution in [-0.2, 0) is 14.3 Å². The molecule has 13 atom stereocenters. The Morgan fingerprint density at radius 2 is 1.55 bits per heavy atom. The molecule has 0 aromatic rings. The SMILES string of the molecule is CC(C)[C@@H](C)[C@@]1(C)CC[C@]2(C)C3=C(CC[C@@]2(C)[C@@H]1C(=O)O)[C@@]1(C)CC[C@H](O[C@@H]2O[C@H](CO)[C@@H](O)[C@H](O)[C@H]2O)C(C)(C)[C@@H]1CC3. The van der Waals surface area contributed by atoms with Gasteiger partial charge in [-0.2, -0.15) is 0 Å². The number of aliphatic hydroxyl groups is 4. The molecule has 5 N–H and O–H groups in total. The van der Waals surface area contributed by atoms with Crippen molar-refractivity contribution < 1.29 is 39.8 Å². The van der Waals surface area contributed by atoms with E-state index < -0.39 is 49.2 Å². The number of hydrogen-bond donors (Lipinski definition) is 5. The molecule has 3 fully saturated rings. The summed E-state index contributed by atoms with van der Waals surface area (Å²) in [6.45, 7) is 20.1. The predicted octanol–water partition coefficient (Wildman–Crippen LogP) is 5.30. The Bertz CT molecular complexity index is 1150. The lowest BCUT2D eigenvalue weighted by Crippen LogP contribution is -2.63. The van der Waals surface area contributed by atoms with Gasteiger partial charge in [0.25, 0.3) is 0 Å². The summed E-state index contributed by atoms with van der Waals surface area (Å²) >= 11 is 0. The number of rotatable bonds is 6. The van der Waals surface area contributed by atoms with Crippen LogP contribution in [0.1, 0.15) is 114 Å². The molecule has 0 aromatic carbocycles. The molecular formula is C36H60O8. The fourth-order valence-corrected chi connectivity index (χ4v) is 11.6. The number of allylic oxidation sites excluding steroid dienone is 2. The molecule has 0 spiro atoms. The van der Waals surface area contributed by atoms with Gasteiger partial charge in [-0.3, -0.25) is 4.79 Å². The summed E-state index contributed by atoms with van der Waals surface area (Å²) in [7, 11) is 0. The summed E-state index contributed by atoms with van der Waals surface area (Å²) in [6.07, 6.45) is 0.719. The van der Waals surface area contributed by atoms with Gasteiger partial charge < -0.3 is 35.0 Å². The Labute approximate surface area is 264 Å². The lowest BCUT2D eigenvalue weighted by molar-refractivity contribution is -0.325. The van der Waals surface area contributed by atoms with Gasteiger partial charge in [0.1, 0.15) is 24.4 Å². The van der Waals surface area contributed by atoms with Crippen LogP contribution in [0.2, 0.25) is 0 Å². The zero-order chi connectivity index (χ0) is 32.8. The van der Waals surface area contributed by atoms with Crippen LogP contribution in [0.25, 0.3) is 0 Å². The minimum Gasteiger partial charge on any atom is -0.481 e. The maximum absolute atomic E-state index is 13.2. The van der Waals surface area contributed by atoms with Crippen LogP contribution < -0.4 is 0 Å². The zero-order valence-electron chi connectivity index (χ0n) is 28.6. The Balaban J connectivity index is 1.45. The van der Waals surface area contributed by atoms with Crippen molar-refractivity contribution in [1.82, 2.24) is 0 Å². The van der Waals surface area contributed by atoms with Crippen molar-refractivity contribution in [3.63, 3.8) is 0 Å². The number of aliphatic carboxylic acids is 1. The quantitative estimate of drug-likeness (QED) is 0.252. The lowest BCUT2D eigenvalue weighted by atomic mass is 9.36. The van der Waals surface area contributed by atoms with E-state index in [0.717, 1.165) is 51.4 Å². The van der Waals surface area contributed by atoms with E-state index in [1.165, 1.54) is 5.57 Å². The number of fused-ring (bicyclic) bond motifs is 4. The molecule has 0 amide bonds. The molecule has 8 nitrogen and oxygen atoms in total. The minimum atomic E-state index is -1.46. The van der Waals surface area contributed by atoms with Crippen molar-refractivity contribution in [1.29, 1.82) is 0 Å². The summed E-state index contributed by atoms with van der Waals surface area (Å²) in [5, 5.41) is 51.8. The number of carboxylic acids is 1. The van der Waals surface area contributed by atoms with Crippen LogP contribution >= 0.6 is 0 Å². The Morgan fingerprint density at radius 3 is 2.14 bits per heavy atom. The van der Waals surface area contributed by atoms with Gasteiger partial charge in [-0.25, -0.2) is 0 Å². The largest absolute Gasteiger partial charge is 0.481 e. The van der Waals surface area contributed by atoms with E-state index in [-0.39, 0.29) is 33.2 Å². The van der Waals surface area contributed by atoms with E-state index in [0.29, 0.717) is 17.8 Å². The van der Waals surface area contributed by atoms with Crippen molar-refractivity contribution in [2.45, 2.75) is 150 Å². The van der Waals surface area contributed by atoms with E-state index in [4.69, 9.17) is 9.47 Å². The van der Waals surface area contributed by atoms with Gasteiger partial charge in [-0.15, -0.1) is 0 Å². The van der Waals surface area contributed by atoms with Gasteiger partial charge in [-0.05, 0) is 96.2 Å². The summed E-state index contributed by atoms with van der Waals surface area (Å²) in [6, 6.07) is 0. The second-order valence-corrected chi connectivity index (χ2v) is 17.2. The average Bonchev–Trinajstić information content (AvgIpc) is 2.94. The molecule has 252 valence electrons. The number of carbonyl (C=O) groups is 1. The zero-order valence-corrected chi connectivity index (χ0v) is 28.6. The van der Waals surface area contributed by atoms with Crippen LogP contribution in [-0.4, -0.2) is 74.9 Å². The van der Waals surface area contributed by atoms with Gasteiger partial charge in [0.15, 0.2) is 6.29 Å². The number of carboxylic acid groups (broad SMARTS) is 1. The second kappa shape index (κ2) is 11.3. The van der Waals surface area contributed by atoms with E-state index in [2.05, 4.69) is 62.3 Å². The fourth-order valence-electron chi connectivity index (χ4n) is 11.6. The summed E-state index contributed by atoms with van der Waals surface area (Å²) in [5.74, 6) is 0.0168. The molecule has 8 heteroatoms. The van der Waals surface area contributed by atoms with Crippen LogP contribution in [0, 0.1) is 50.7 Å². The third-order valence-corrected chi connectivity index (χ3v) is 14.9. The van der Waals surface area contributed by atoms with Crippen molar-refractivity contribution in [3.05, 3.63) is 11.1 Å². The van der Waals surface area contributed by atoms with Gasteiger partial charge in [-0.1, -0.05) is 73.5 Å². The van der Waals surface area contributed by atoms with Crippen LogP contribution in [0.15, 0.2) is 11.1 Å². The van der Waals surface area contributed by atoms with E-state index in [1.807, 2.05) is 0 Å². The summed E-state index contributed by atoms with van der Waals surface area (Å²) in [4.78, 5) is 13.2. The standard InChI is InChI=1S/C36H60O8/c1-19(2)20(3)33(6)16-17-35(8)22-10-11-24-32(4,5)25(44-31-28(40)27(39)26(38)23(18-37)43-31)13-14-34(24,7)21(22)12-15-36(35,9)29(33)30(41)42/h19-20,23-29,31,37-40H,10-18H2,1-9H3,(H,41,42)/t20-,23-,24+,25+,26-,27+,28-,29-,31+,33-,34-,35-,36+/m1/s1. The number of hydrogen-bond acceptors (Lipinski definition) is 7. The van der Waals surface area contributed by atoms with Gasteiger partial charge in [0.05, 0.1) is 18.6 Å². The molecule has 44 heavy (non-hydrogen) atoms. The Kier molecular flexibility index (Phi) is 8.81.